The number of nitrogens with zero attached hydrogens (tertiary/aromatic N) is 2. The molecule has 2 atom stereocenters. The van der Waals surface area contributed by atoms with Gasteiger partial charge < -0.3 is 15.4 Å². The Bertz CT molecular complexity index is 530. The molecule has 5 heteroatoms. The van der Waals surface area contributed by atoms with E-state index in [1.54, 1.807) is 12.1 Å². The molecule has 21 heavy (non-hydrogen) atoms. The summed E-state index contributed by atoms with van der Waals surface area (Å²) in [4.78, 5) is 18.5. The van der Waals surface area contributed by atoms with E-state index in [-0.39, 0.29) is 0 Å². The smallest absolute Gasteiger partial charge is 0.356 e. The van der Waals surface area contributed by atoms with E-state index in [4.69, 9.17) is 10.5 Å². The lowest BCUT2D eigenvalue weighted by Gasteiger charge is -2.45. The highest BCUT2D eigenvalue weighted by Crippen LogP contribution is 2.38. The molecule has 2 N–H and O–H groups in total. The van der Waals surface area contributed by atoms with Crippen LogP contribution >= 0.6 is 0 Å². The molecule has 0 unspecified atom stereocenters. The van der Waals surface area contributed by atoms with Crippen molar-refractivity contribution in [3.8, 4) is 0 Å². The molecule has 0 radical (unpaired) electrons. The number of piperidine rings is 1. The van der Waals surface area contributed by atoms with E-state index in [9.17, 15) is 4.79 Å². The van der Waals surface area contributed by atoms with E-state index in [0.717, 1.165) is 18.3 Å². The lowest BCUT2D eigenvalue weighted by Crippen LogP contribution is -2.47. The van der Waals surface area contributed by atoms with E-state index in [2.05, 4.69) is 9.88 Å². The maximum atomic E-state index is 11.7. The second-order valence-electron chi connectivity index (χ2n) is 6.05. The van der Waals surface area contributed by atoms with Crippen molar-refractivity contribution in [2.24, 2.45) is 5.92 Å². The molecule has 0 aromatic carbocycles. The molecule has 1 saturated heterocycles. The number of fused-ring (bicyclic) bond motifs is 1. The van der Waals surface area contributed by atoms with E-state index in [0.29, 0.717) is 17.4 Å². The van der Waals surface area contributed by atoms with Gasteiger partial charge >= 0.3 is 5.97 Å². The molecule has 2 heterocycles. The molecule has 0 amide bonds. The number of hydrogen-bond acceptors (Lipinski definition) is 5. The molecule has 1 saturated carbocycles. The van der Waals surface area contributed by atoms with Gasteiger partial charge in [-0.1, -0.05) is 12.8 Å². The van der Waals surface area contributed by atoms with Crippen LogP contribution in [0.25, 0.3) is 0 Å². The Morgan fingerprint density at radius 2 is 2.05 bits per heavy atom. The van der Waals surface area contributed by atoms with Gasteiger partial charge in [0.25, 0.3) is 0 Å². The molecule has 114 valence electrons. The fourth-order valence-electron chi connectivity index (χ4n) is 3.80. The van der Waals surface area contributed by atoms with Crippen molar-refractivity contribution in [2.45, 2.75) is 44.6 Å². The Morgan fingerprint density at radius 3 is 2.86 bits per heavy atom. The minimum absolute atomic E-state index is 0.333. The Labute approximate surface area is 125 Å². The molecule has 1 aliphatic carbocycles. The number of methoxy groups -OCH3 is 1. The first-order valence-corrected chi connectivity index (χ1v) is 7.82. The van der Waals surface area contributed by atoms with Gasteiger partial charge in [0, 0.05) is 12.6 Å². The lowest BCUT2D eigenvalue weighted by atomic mass is 9.78. The number of nitrogen functional groups attached to an aromatic ring is 1. The zero-order valence-corrected chi connectivity index (χ0v) is 12.5. The zero-order valence-electron chi connectivity index (χ0n) is 12.5. The molecule has 0 spiro atoms. The third-order valence-corrected chi connectivity index (χ3v) is 4.82. The van der Waals surface area contributed by atoms with Gasteiger partial charge in [0.1, 0.15) is 0 Å². The summed E-state index contributed by atoms with van der Waals surface area (Å²) in [7, 11) is 1.37. The van der Waals surface area contributed by atoms with Gasteiger partial charge in [-0.25, -0.2) is 9.78 Å². The number of carbonyl (C=O) groups is 1. The van der Waals surface area contributed by atoms with Crippen molar-refractivity contribution >= 4 is 17.5 Å². The molecule has 5 nitrogen and oxygen atoms in total. The summed E-state index contributed by atoms with van der Waals surface area (Å²) in [6.07, 6.45) is 7.59. The van der Waals surface area contributed by atoms with E-state index in [1.165, 1.54) is 45.6 Å². The number of aromatic nitrogens is 1. The topological polar surface area (TPSA) is 68.5 Å². The summed E-state index contributed by atoms with van der Waals surface area (Å²) < 4.78 is 4.76. The largest absolute Gasteiger partial charge is 0.464 e. The molecule has 3 rings (SSSR count). The van der Waals surface area contributed by atoms with Crippen LogP contribution in [0.3, 0.4) is 0 Å². The molecule has 1 aromatic rings. The number of esters is 1. The van der Waals surface area contributed by atoms with Crippen LogP contribution in [-0.4, -0.2) is 30.6 Å². The van der Waals surface area contributed by atoms with Crippen LogP contribution in [-0.2, 0) is 4.74 Å². The van der Waals surface area contributed by atoms with Crippen molar-refractivity contribution in [3.05, 3.63) is 17.8 Å². The number of hydrogen-bond donors (Lipinski definition) is 1. The Morgan fingerprint density at radius 1 is 1.29 bits per heavy atom. The van der Waals surface area contributed by atoms with E-state index in [1.807, 2.05) is 0 Å². The van der Waals surface area contributed by atoms with Crippen molar-refractivity contribution < 1.29 is 9.53 Å². The van der Waals surface area contributed by atoms with Gasteiger partial charge in [0.2, 0.25) is 0 Å². The van der Waals surface area contributed by atoms with Crippen LogP contribution in [0.5, 0.6) is 0 Å². The quantitative estimate of drug-likeness (QED) is 0.848. The highest BCUT2D eigenvalue weighted by molar-refractivity contribution is 5.88. The summed E-state index contributed by atoms with van der Waals surface area (Å²) >= 11 is 0. The Hall–Kier alpha value is -1.78. The predicted octanol–water partition coefficient (Wildman–Crippen LogP) is 2.61. The fraction of sp³-hybridized carbons (Fsp3) is 0.625. The van der Waals surface area contributed by atoms with Crippen LogP contribution in [0.4, 0.5) is 11.5 Å². The maximum absolute atomic E-state index is 11.7. The van der Waals surface area contributed by atoms with Crippen LogP contribution in [0, 0.1) is 5.92 Å². The first-order chi connectivity index (χ1) is 10.2. The highest BCUT2D eigenvalue weighted by Gasteiger charge is 2.34. The number of anilines is 2. The zero-order chi connectivity index (χ0) is 14.8. The van der Waals surface area contributed by atoms with Gasteiger partial charge in [-0.15, -0.1) is 0 Å². The first-order valence-electron chi connectivity index (χ1n) is 7.82. The van der Waals surface area contributed by atoms with Crippen LogP contribution in [0.1, 0.15) is 49.0 Å². The monoisotopic (exact) mass is 289 g/mol. The van der Waals surface area contributed by atoms with Gasteiger partial charge in [0.15, 0.2) is 11.5 Å². The average molecular weight is 289 g/mol. The number of rotatable bonds is 2. The molecule has 1 aromatic heterocycles. The van der Waals surface area contributed by atoms with Gasteiger partial charge in [0.05, 0.1) is 12.8 Å². The van der Waals surface area contributed by atoms with Gasteiger partial charge in [-0.2, -0.15) is 0 Å². The summed E-state index contributed by atoms with van der Waals surface area (Å²) in [5, 5.41) is 0. The maximum Gasteiger partial charge on any atom is 0.356 e. The summed E-state index contributed by atoms with van der Waals surface area (Å²) in [5.74, 6) is 1.10. The minimum Gasteiger partial charge on any atom is -0.464 e. The normalized spacial score (nSPS) is 25.3. The minimum atomic E-state index is -0.409. The second-order valence-corrected chi connectivity index (χ2v) is 6.05. The highest BCUT2D eigenvalue weighted by atomic mass is 16.5. The molecule has 2 fully saturated rings. The standard InChI is InChI=1S/C16H23N3O2/c1-21-16(20)13-9-8-12(17)15(18-13)19-10-4-6-11-5-2-3-7-14(11)19/h8-9,11,14H,2-7,10,17H2,1H3/t11-,14-/m1/s1. The lowest BCUT2D eigenvalue weighted by molar-refractivity contribution is 0.0594. The molecular formula is C16H23N3O2. The van der Waals surface area contributed by atoms with E-state index < -0.39 is 5.97 Å². The number of pyridine rings is 1. The van der Waals surface area contributed by atoms with Crippen molar-refractivity contribution in [2.75, 3.05) is 24.3 Å². The van der Waals surface area contributed by atoms with Crippen molar-refractivity contribution in [3.63, 3.8) is 0 Å². The summed E-state index contributed by atoms with van der Waals surface area (Å²) in [6.45, 7) is 0.975. The Kier molecular flexibility index (Phi) is 3.99. The van der Waals surface area contributed by atoms with Crippen molar-refractivity contribution in [1.29, 1.82) is 0 Å². The van der Waals surface area contributed by atoms with Gasteiger partial charge in [-0.05, 0) is 43.7 Å². The molecule has 1 aliphatic heterocycles. The van der Waals surface area contributed by atoms with Crippen molar-refractivity contribution in [1.82, 2.24) is 4.98 Å². The average Bonchev–Trinajstić information content (AvgIpc) is 2.54. The van der Waals surface area contributed by atoms with E-state index >= 15 is 0 Å². The Balaban J connectivity index is 1.92. The molecule has 0 bridgehead atoms. The number of carbonyl (C=O) groups excluding carboxylic acids is 1. The predicted molar refractivity (Wildman–Crippen MR) is 82.3 cm³/mol. The van der Waals surface area contributed by atoms with Gasteiger partial charge in [-0.3, -0.25) is 0 Å². The first kappa shape index (κ1) is 14.2. The third-order valence-electron chi connectivity index (χ3n) is 4.82. The van der Waals surface area contributed by atoms with Crippen LogP contribution in [0.15, 0.2) is 12.1 Å². The second kappa shape index (κ2) is 5.92. The number of ether oxygens (including phenoxy) is 1. The summed E-state index contributed by atoms with van der Waals surface area (Å²) in [5.41, 5.74) is 7.11. The molecular weight excluding hydrogens is 266 g/mol. The molecule has 2 aliphatic rings. The SMILES string of the molecule is COC(=O)c1ccc(N)c(N2CCC[C@H]3CCCC[C@H]32)n1. The van der Waals surface area contributed by atoms with Crippen LogP contribution in [0.2, 0.25) is 0 Å². The van der Waals surface area contributed by atoms with Crippen LogP contribution < -0.4 is 10.6 Å². The fourth-order valence-corrected chi connectivity index (χ4v) is 3.80. The third kappa shape index (κ3) is 2.69. The number of nitrogens with two attached hydrogens (primary N) is 1. The summed E-state index contributed by atoms with van der Waals surface area (Å²) in [6, 6.07) is 3.92.